The average molecular weight is 230 g/mol. The topological polar surface area (TPSA) is 90.2 Å². The molecule has 92 valence electrons. The molecule has 1 aliphatic heterocycles. The Hall–Kier alpha value is -0.720. The average Bonchev–Trinajstić information content (AvgIpc) is 2.27. The molecule has 0 saturated carbocycles. The third-order valence-electron chi connectivity index (χ3n) is 2.72. The molecule has 0 aromatic carbocycles. The molecule has 5 heteroatoms. The minimum absolute atomic E-state index is 0.414. The van der Waals surface area contributed by atoms with Crippen molar-refractivity contribution >= 4 is 0 Å². The molecule has 1 saturated heterocycles. The molecular formula is C11H18O5. The van der Waals surface area contributed by atoms with Gasteiger partial charge in [-0.2, -0.15) is 0 Å². The molecule has 0 amide bonds. The van der Waals surface area contributed by atoms with Gasteiger partial charge in [-0.05, 0) is 12.5 Å². The molecule has 0 aromatic heterocycles. The quantitative estimate of drug-likeness (QED) is 0.465. The number of hydrogen-bond acceptors (Lipinski definition) is 5. The van der Waals surface area contributed by atoms with Gasteiger partial charge in [-0.1, -0.05) is 18.7 Å². The summed E-state index contributed by atoms with van der Waals surface area (Å²) in [7, 11) is 0. The monoisotopic (exact) mass is 230 g/mol. The van der Waals surface area contributed by atoms with Crippen molar-refractivity contribution in [2.24, 2.45) is 0 Å². The predicted molar refractivity (Wildman–Crippen MR) is 57.7 cm³/mol. The Labute approximate surface area is 94.3 Å². The molecule has 1 aliphatic rings. The molecular weight excluding hydrogens is 212 g/mol. The second-order valence-electron chi connectivity index (χ2n) is 3.90. The lowest BCUT2D eigenvalue weighted by Gasteiger charge is -2.40. The summed E-state index contributed by atoms with van der Waals surface area (Å²) in [6, 6.07) is 0. The highest BCUT2D eigenvalue weighted by atomic mass is 16.5. The highest BCUT2D eigenvalue weighted by Crippen LogP contribution is 2.25. The summed E-state index contributed by atoms with van der Waals surface area (Å²) < 4.78 is 5.32. The van der Waals surface area contributed by atoms with Crippen molar-refractivity contribution < 1.29 is 25.2 Å². The minimum Gasteiger partial charge on any atom is -0.394 e. The lowest BCUT2D eigenvalue weighted by molar-refractivity contribution is -0.219. The van der Waals surface area contributed by atoms with Gasteiger partial charge >= 0.3 is 0 Å². The maximum atomic E-state index is 9.73. The number of aliphatic hydroxyl groups excluding tert-OH is 4. The van der Waals surface area contributed by atoms with Crippen molar-refractivity contribution in [2.75, 3.05) is 6.61 Å². The zero-order valence-corrected chi connectivity index (χ0v) is 9.15. The van der Waals surface area contributed by atoms with E-state index in [-0.39, 0.29) is 0 Å². The van der Waals surface area contributed by atoms with Gasteiger partial charge in [0.05, 0.1) is 6.61 Å². The van der Waals surface area contributed by atoms with E-state index >= 15 is 0 Å². The van der Waals surface area contributed by atoms with Crippen LogP contribution in [0.15, 0.2) is 24.3 Å². The standard InChI is InChI=1S/C11H18O5/c1-3-4-6(2)11-10(15)9(14)8(13)7(5-12)16-11/h3-4,7-15H,1,5H2,2H3. The summed E-state index contributed by atoms with van der Waals surface area (Å²) in [5, 5.41) is 37.8. The van der Waals surface area contributed by atoms with Crippen LogP contribution in [0.2, 0.25) is 0 Å². The molecule has 0 radical (unpaired) electrons. The summed E-state index contributed by atoms with van der Waals surface area (Å²) in [5.74, 6) is 0. The van der Waals surface area contributed by atoms with E-state index in [2.05, 4.69) is 6.58 Å². The highest BCUT2D eigenvalue weighted by molar-refractivity contribution is 5.16. The SMILES string of the molecule is C=CC=C(C)C1OC(CO)C(O)C(O)C1O. The van der Waals surface area contributed by atoms with E-state index in [1.807, 2.05) is 0 Å². The van der Waals surface area contributed by atoms with Crippen molar-refractivity contribution in [1.82, 2.24) is 0 Å². The molecule has 1 heterocycles. The van der Waals surface area contributed by atoms with E-state index in [1.165, 1.54) is 6.08 Å². The molecule has 1 fully saturated rings. The Morgan fingerprint density at radius 1 is 1.25 bits per heavy atom. The van der Waals surface area contributed by atoms with Gasteiger partial charge < -0.3 is 25.2 Å². The van der Waals surface area contributed by atoms with Crippen molar-refractivity contribution in [2.45, 2.75) is 37.4 Å². The second-order valence-corrected chi connectivity index (χ2v) is 3.90. The molecule has 5 nitrogen and oxygen atoms in total. The van der Waals surface area contributed by atoms with Crippen LogP contribution in [0.3, 0.4) is 0 Å². The molecule has 1 rings (SSSR count). The van der Waals surface area contributed by atoms with Crippen LogP contribution in [-0.2, 0) is 4.74 Å². The zero-order valence-electron chi connectivity index (χ0n) is 9.15. The molecule has 0 bridgehead atoms. The predicted octanol–water partition coefficient (Wildman–Crippen LogP) is -1.04. The molecule has 0 aromatic rings. The fourth-order valence-corrected chi connectivity index (χ4v) is 1.76. The Balaban J connectivity index is 2.86. The largest absolute Gasteiger partial charge is 0.394 e. The first kappa shape index (κ1) is 13.3. The molecule has 4 N–H and O–H groups in total. The first-order valence-electron chi connectivity index (χ1n) is 5.12. The Morgan fingerprint density at radius 2 is 1.88 bits per heavy atom. The van der Waals surface area contributed by atoms with Gasteiger partial charge in [0, 0.05) is 0 Å². The van der Waals surface area contributed by atoms with Gasteiger partial charge in [0.2, 0.25) is 0 Å². The van der Waals surface area contributed by atoms with Crippen molar-refractivity contribution in [1.29, 1.82) is 0 Å². The van der Waals surface area contributed by atoms with Gasteiger partial charge in [0.1, 0.15) is 30.5 Å². The summed E-state index contributed by atoms with van der Waals surface area (Å²) in [5.41, 5.74) is 0.673. The van der Waals surface area contributed by atoms with Crippen molar-refractivity contribution in [3.05, 3.63) is 24.3 Å². The Bertz CT molecular complexity index is 274. The van der Waals surface area contributed by atoms with Crippen molar-refractivity contribution in [3.8, 4) is 0 Å². The molecule has 0 spiro atoms. The molecule has 5 unspecified atom stereocenters. The maximum absolute atomic E-state index is 9.73. The molecule has 0 aliphatic carbocycles. The van der Waals surface area contributed by atoms with Crippen LogP contribution in [0.4, 0.5) is 0 Å². The second kappa shape index (κ2) is 5.56. The number of rotatable bonds is 3. The van der Waals surface area contributed by atoms with E-state index in [4.69, 9.17) is 9.84 Å². The van der Waals surface area contributed by atoms with Crippen LogP contribution < -0.4 is 0 Å². The zero-order chi connectivity index (χ0) is 12.3. The van der Waals surface area contributed by atoms with Crippen LogP contribution in [0.1, 0.15) is 6.92 Å². The number of ether oxygens (including phenoxy) is 1. The van der Waals surface area contributed by atoms with E-state index in [0.717, 1.165) is 0 Å². The van der Waals surface area contributed by atoms with Gasteiger partial charge in [-0.15, -0.1) is 0 Å². The van der Waals surface area contributed by atoms with Crippen LogP contribution >= 0.6 is 0 Å². The number of allylic oxidation sites excluding steroid dienone is 2. The van der Waals surface area contributed by atoms with E-state index in [9.17, 15) is 15.3 Å². The summed E-state index contributed by atoms with van der Waals surface area (Å²) >= 11 is 0. The number of aliphatic hydroxyl groups is 4. The van der Waals surface area contributed by atoms with Crippen molar-refractivity contribution in [3.63, 3.8) is 0 Å². The van der Waals surface area contributed by atoms with Gasteiger partial charge in [-0.25, -0.2) is 0 Å². The Morgan fingerprint density at radius 3 is 2.38 bits per heavy atom. The fourth-order valence-electron chi connectivity index (χ4n) is 1.76. The lowest BCUT2D eigenvalue weighted by atomic mass is 9.91. The summed E-state index contributed by atoms with van der Waals surface area (Å²) in [6.45, 7) is 4.82. The van der Waals surface area contributed by atoms with Crippen LogP contribution in [-0.4, -0.2) is 57.6 Å². The fraction of sp³-hybridized carbons (Fsp3) is 0.636. The Kier molecular flexibility index (Phi) is 4.64. The van der Waals surface area contributed by atoms with Gasteiger partial charge in [0.25, 0.3) is 0 Å². The van der Waals surface area contributed by atoms with Gasteiger partial charge in [-0.3, -0.25) is 0 Å². The molecule has 5 atom stereocenters. The van der Waals surface area contributed by atoms with E-state index in [1.54, 1.807) is 13.0 Å². The smallest absolute Gasteiger partial charge is 0.112 e. The normalized spacial score (nSPS) is 40.8. The van der Waals surface area contributed by atoms with Gasteiger partial charge in [0.15, 0.2) is 0 Å². The third kappa shape index (κ3) is 2.50. The van der Waals surface area contributed by atoms with Crippen LogP contribution in [0, 0.1) is 0 Å². The van der Waals surface area contributed by atoms with Crippen LogP contribution in [0.25, 0.3) is 0 Å². The van der Waals surface area contributed by atoms with Crippen LogP contribution in [0.5, 0.6) is 0 Å². The first-order chi connectivity index (χ1) is 7.52. The van der Waals surface area contributed by atoms with E-state index < -0.39 is 37.1 Å². The summed E-state index contributed by atoms with van der Waals surface area (Å²) in [4.78, 5) is 0. The summed E-state index contributed by atoms with van der Waals surface area (Å²) in [6.07, 6.45) is -2.28. The lowest BCUT2D eigenvalue weighted by Crippen LogP contribution is -2.58. The van der Waals surface area contributed by atoms with E-state index in [0.29, 0.717) is 5.57 Å². The third-order valence-corrected chi connectivity index (χ3v) is 2.72. The minimum atomic E-state index is -1.33. The first-order valence-corrected chi connectivity index (χ1v) is 5.12. The molecule has 16 heavy (non-hydrogen) atoms. The maximum Gasteiger partial charge on any atom is 0.112 e. The highest BCUT2D eigenvalue weighted by Gasteiger charge is 2.43. The number of hydrogen-bond donors (Lipinski definition) is 4.